The molecular formula is C23H27ClN4O. The van der Waals surface area contributed by atoms with Crippen molar-refractivity contribution in [2.24, 2.45) is 5.10 Å². The SMILES string of the molecule is Cc1ccc(C2=NN(C(=O)CN3CCN(C)CC3)C(c3ccccc3Cl)C2)cc1. The van der Waals surface area contributed by atoms with E-state index in [0.29, 0.717) is 18.0 Å². The van der Waals surface area contributed by atoms with Crippen LogP contribution >= 0.6 is 11.6 Å². The summed E-state index contributed by atoms with van der Waals surface area (Å²) < 4.78 is 0. The molecule has 6 heteroatoms. The lowest BCUT2D eigenvalue weighted by molar-refractivity contribution is -0.134. The summed E-state index contributed by atoms with van der Waals surface area (Å²) in [5, 5.41) is 7.11. The van der Waals surface area contributed by atoms with Crippen molar-refractivity contribution in [1.82, 2.24) is 14.8 Å². The number of nitrogens with zero attached hydrogens (tertiary/aromatic N) is 4. The second-order valence-corrected chi connectivity index (χ2v) is 8.38. The summed E-state index contributed by atoms with van der Waals surface area (Å²) in [4.78, 5) is 17.7. The van der Waals surface area contributed by atoms with Crippen molar-refractivity contribution in [3.05, 3.63) is 70.2 Å². The summed E-state index contributed by atoms with van der Waals surface area (Å²) in [5.74, 6) is 0.0292. The smallest absolute Gasteiger partial charge is 0.257 e. The van der Waals surface area contributed by atoms with Crippen LogP contribution < -0.4 is 0 Å². The minimum Gasteiger partial charge on any atom is -0.304 e. The van der Waals surface area contributed by atoms with Crippen molar-refractivity contribution in [3.8, 4) is 0 Å². The van der Waals surface area contributed by atoms with E-state index in [-0.39, 0.29) is 11.9 Å². The normalized spacial score (nSPS) is 20.7. The number of amides is 1. The number of aryl methyl sites for hydroxylation is 1. The number of carbonyl (C=O) groups is 1. The Labute approximate surface area is 177 Å². The van der Waals surface area contributed by atoms with E-state index in [1.165, 1.54) is 5.56 Å². The first-order valence-corrected chi connectivity index (χ1v) is 10.5. The highest BCUT2D eigenvalue weighted by Crippen LogP contribution is 2.36. The van der Waals surface area contributed by atoms with Gasteiger partial charge in [0.2, 0.25) is 0 Å². The molecule has 1 fully saturated rings. The molecule has 1 unspecified atom stereocenters. The van der Waals surface area contributed by atoms with E-state index >= 15 is 0 Å². The van der Waals surface area contributed by atoms with Gasteiger partial charge in [0.15, 0.2) is 0 Å². The molecule has 1 saturated heterocycles. The van der Waals surface area contributed by atoms with Gasteiger partial charge >= 0.3 is 0 Å². The summed E-state index contributed by atoms with van der Waals surface area (Å²) in [6.07, 6.45) is 0.668. The molecule has 1 amide bonds. The van der Waals surface area contributed by atoms with Crippen LogP contribution in [0.2, 0.25) is 5.02 Å². The van der Waals surface area contributed by atoms with Crippen LogP contribution in [0.1, 0.15) is 29.2 Å². The van der Waals surface area contributed by atoms with Crippen LogP contribution in [0.3, 0.4) is 0 Å². The molecule has 29 heavy (non-hydrogen) atoms. The first-order valence-electron chi connectivity index (χ1n) is 10.1. The maximum absolute atomic E-state index is 13.2. The zero-order chi connectivity index (χ0) is 20.4. The van der Waals surface area contributed by atoms with Gasteiger partial charge in [-0.3, -0.25) is 9.69 Å². The van der Waals surface area contributed by atoms with Gasteiger partial charge < -0.3 is 4.90 Å². The van der Waals surface area contributed by atoms with Crippen LogP contribution in [0.25, 0.3) is 0 Å². The van der Waals surface area contributed by atoms with Crippen molar-refractivity contribution in [1.29, 1.82) is 0 Å². The third-order valence-corrected chi connectivity index (χ3v) is 6.11. The molecule has 0 spiro atoms. The van der Waals surface area contributed by atoms with E-state index in [0.717, 1.165) is 43.0 Å². The lowest BCUT2D eigenvalue weighted by Gasteiger charge is -2.33. The Morgan fingerprint density at radius 2 is 1.76 bits per heavy atom. The lowest BCUT2D eigenvalue weighted by atomic mass is 9.98. The number of hydrogen-bond acceptors (Lipinski definition) is 4. The van der Waals surface area contributed by atoms with Crippen molar-refractivity contribution >= 4 is 23.2 Å². The molecule has 0 bridgehead atoms. The third-order valence-electron chi connectivity index (χ3n) is 5.77. The number of benzene rings is 2. The fraction of sp³-hybridized carbons (Fsp3) is 0.391. The molecule has 2 heterocycles. The topological polar surface area (TPSA) is 39.2 Å². The Bertz CT molecular complexity index is 903. The molecule has 0 saturated carbocycles. The average Bonchev–Trinajstić information content (AvgIpc) is 3.16. The van der Waals surface area contributed by atoms with Crippen LogP contribution in [-0.2, 0) is 4.79 Å². The van der Waals surface area contributed by atoms with Gasteiger partial charge in [0.25, 0.3) is 5.91 Å². The highest BCUT2D eigenvalue weighted by Gasteiger charge is 2.35. The van der Waals surface area contributed by atoms with Gasteiger partial charge in [0.1, 0.15) is 0 Å². The first-order chi connectivity index (χ1) is 14.0. The van der Waals surface area contributed by atoms with Gasteiger partial charge in [-0.25, -0.2) is 5.01 Å². The number of hydrazone groups is 1. The highest BCUT2D eigenvalue weighted by molar-refractivity contribution is 6.31. The van der Waals surface area contributed by atoms with Gasteiger partial charge in [-0.05, 0) is 31.2 Å². The highest BCUT2D eigenvalue weighted by atomic mass is 35.5. The van der Waals surface area contributed by atoms with Crippen LogP contribution in [0, 0.1) is 6.92 Å². The van der Waals surface area contributed by atoms with E-state index in [1.54, 1.807) is 5.01 Å². The molecule has 0 N–H and O–H groups in total. The van der Waals surface area contributed by atoms with Crippen molar-refractivity contribution < 1.29 is 4.79 Å². The van der Waals surface area contributed by atoms with E-state index < -0.39 is 0 Å². The van der Waals surface area contributed by atoms with Gasteiger partial charge in [-0.2, -0.15) is 5.10 Å². The van der Waals surface area contributed by atoms with Crippen LogP contribution in [0.4, 0.5) is 0 Å². The van der Waals surface area contributed by atoms with Gasteiger partial charge in [0, 0.05) is 37.6 Å². The maximum atomic E-state index is 13.2. The molecule has 1 atom stereocenters. The molecule has 0 aromatic heterocycles. The first kappa shape index (κ1) is 20.1. The molecule has 2 aliphatic heterocycles. The Morgan fingerprint density at radius 1 is 1.07 bits per heavy atom. The summed E-state index contributed by atoms with van der Waals surface area (Å²) in [6.45, 7) is 6.24. The van der Waals surface area contributed by atoms with Crippen molar-refractivity contribution in [2.75, 3.05) is 39.8 Å². The van der Waals surface area contributed by atoms with Crippen LogP contribution in [0.15, 0.2) is 53.6 Å². The van der Waals surface area contributed by atoms with Gasteiger partial charge in [-0.15, -0.1) is 0 Å². The van der Waals surface area contributed by atoms with Crippen LogP contribution in [-0.4, -0.2) is 66.2 Å². The molecular weight excluding hydrogens is 384 g/mol. The average molecular weight is 411 g/mol. The number of halogens is 1. The summed E-state index contributed by atoms with van der Waals surface area (Å²) in [5.41, 5.74) is 4.15. The van der Waals surface area contributed by atoms with Crippen molar-refractivity contribution in [2.45, 2.75) is 19.4 Å². The minimum atomic E-state index is -0.167. The summed E-state index contributed by atoms with van der Waals surface area (Å²) >= 11 is 6.49. The number of likely N-dealkylation sites (N-methyl/N-ethyl adjacent to an activating group) is 1. The second-order valence-electron chi connectivity index (χ2n) is 7.97. The largest absolute Gasteiger partial charge is 0.304 e. The second kappa shape index (κ2) is 8.66. The molecule has 152 valence electrons. The fourth-order valence-electron chi connectivity index (χ4n) is 3.92. The molecule has 2 aliphatic rings. The standard InChI is InChI=1S/C23H27ClN4O/c1-17-7-9-18(10-8-17)21-15-22(19-5-3-4-6-20(19)24)28(25-21)23(29)16-27-13-11-26(2)12-14-27/h3-10,22H,11-16H2,1-2H3. The van der Waals surface area contributed by atoms with Crippen LogP contribution in [0.5, 0.6) is 0 Å². The minimum absolute atomic E-state index is 0.0292. The molecule has 2 aromatic carbocycles. The number of hydrogen-bond donors (Lipinski definition) is 0. The quantitative estimate of drug-likeness (QED) is 0.773. The lowest BCUT2D eigenvalue weighted by Crippen LogP contribution is -2.48. The zero-order valence-electron chi connectivity index (χ0n) is 17.0. The molecule has 5 nitrogen and oxygen atoms in total. The molecule has 0 aliphatic carbocycles. The zero-order valence-corrected chi connectivity index (χ0v) is 17.8. The molecule has 2 aromatic rings. The predicted octanol–water partition coefficient (Wildman–Crippen LogP) is 3.57. The van der Waals surface area contributed by atoms with E-state index in [1.807, 2.05) is 24.3 Å². The van der Waals surface area contributed by atoms with E-state index in [9.17, 15) is 4.79 Å². The number of rotatable bonds is 4. The predicted molar refractivity (Wildman–Crippen MR) is 117 cm³/mol. The summed E-state index contributed by atoms with van der Waals surface area (Å²) in [6, 6.07) is 15.9. The van der Waals surface area contributed by atoms with Crippen molar-refractivity contribution in [3.63, 3.8) is 0 Å². The number of carbonyl (C=O) groups excluding carboxylic acids is 1. The Morgan fingerprint density at radius 3 is 2.45 bits per heavy atom. The Kier molecular flexibility index (Phi) is 5.99. The molecule has 4 rings (SSSR count). The van der Waals surface area contributed by atoms with Gasteiger partial charge in [-0.1, -0.05) is 59.6 Å². The maximum Gasteiger partial charge on any atom is 0.257 e. The Balaban J connectivity index is 1.59. The van der Waals surface area contributed by atoms with Gasteiger partial charge in [0.05, 0.1) is 18.3 Å². The third kappa shape index (κ3) is 4.53. The van der Waals surface area contributed by atoms with E-state index in [2.05, 4.69) is 48.0 Å². The fourth-order valence-corrected chi connectivity index (χ4v) is 4.18. The molecule has 0 radical (unpaired) electrons. The summed E-state index contributed by atoms with van der Waals surface area (Å²) in [7, 11) is 2.12. The Hall–Kier alpha value is -2.21. The monoisotopic (exact) mass is 410 g/mol. The van der Waals surface area contributed by atoms with E-state index in [4.69, 9.17) is 16.7 Å². The number of piperazine rings is 1.